The van der Waals surface area contributed by atoms with Gasteiger partial charge in [0.1, 0.15) is 13.2 Å². The summed E-state index contributed by atoms with van der Waals surface area (Å²) in [6, 6.07) is 26.2. The summed E-state index contributed by atoms with van der Waals surface area (Å²) in [5, 5.41) is 0. The molecular weight excluding hydrogens is 324 g/mol. The minimum atomic E-state index is 0.496. The van der Waals surface area contributed by atoms with Crippen molar-refractivity contribution in [2.24, 2.45) is 5.84 Å². The summed E-state index contributed by atoms with van der Waals surface area (Å²) in [7, 11) is 0. The first kappa shape index (κ1) is 18.0. The minimum absolute atomic E-state index is 0.496. The van der Waals surface area contributed by atoms with E-state index >= 15 is 0 Å². The molecule has 0 radical (unpaired) electrons. The van der Waals surface area contributed by atoms with E-state index in [0.717, 1.165) is 34.6 Å². The van der Waals surface area contributed by atoms with Gasteiger partial charge >= 0.3 is 0 Å². The maximum atomic E-state index is 6.15. The SMILES string of the molecule is NNCCc1cccc(OCc2ccccc2)c1OCc1ccccc1. The van der Waals surface area contributed by atoms with Crippen molar-refractivity contribution in [3.05, 3.63) is 95.6 Å². The van der Waals surface area contributed by atoms with Crippen LogP contribution in [0.15, 0.2) is 78.9 Å². The summed E-state index contributed by atoms with van der Waals surface area (Å²) in [6.45, 7) is 1.67. The molecule has 3 aromatic rings. The lowest BCUT2D eigenvalue weighted by atomic mass is 10.1. The highest BCUT2D eigenvalue weighted by atomic mass is 16.5. The lowest BCUT2D eigenvalue weighted by Gasteiger charge is -2.17. The van der Waals surface area contributed by atoms with Gasteiger partial charge in [0.25, 0.3) is 0 Å². The van der Waals surface area contributed by atoms with Crippen LogP contribution in [-0.4, -0.2) is 6.54 Å². The molecule has 4 nitrogen and oxygen atoms in total. The van der Waals surface area contributed by atoms with E-state index < -0.39 is 0 Å². The zero-order valence-corrected chi connectivity index (χ0v) is 14.7. The van der Waals surface area contributed by atoms with Gasteiger partial charge in [0.05, 0.1) is 0 Å². The number of hydrogen-bond donors (Lipinski definition) is 2. The Morgan fingerprint density at radius 2 is 1.31 bits per heavy atom. The second kappa shape index (κ2) is 9.61. The molecule has 3 N–H and O–H groups in total. The predicted molar refractivity (Wildman–Crippen MR) is 104 cm³/mol. The molecule has 0 unspecified atom stereocenters. The highest BCUT2D eigenvalue weighted by Gasteiger charge is 2.12. The van der Waals surface area contributed by atoms with E-state index in [4.69, 9.17) is 15.3 Å². The summed E-state index contributed by atoms with van der Waals surface area (Å²) in [4.78, 5) is 0. The Bertz CT molecular complexity index is 792. The second-order valence-electron chi connectivity index (χ2n) is 6.00. The molecule has 134 valence electrons. The van der Waals surface area contributed by atoms with Gasteiger partial charge in [-0.2, -0.15) is 0 Å². The molecular formula is C22H24N2O2. The van der Waals surface area contributed by atoms with E-state index in [0.29, 0.717) is 19.8 Å². The molecule has 0 aliphatic carbocycles. The summed E-state index contributed by atoms with van der Waals surface area (Å²) in [5.41, 5.74) is 6.01. The van der Waals surface area contributed by atoms with Gasteiger partial charge in [-0.25, -0.2) is 0 Å². The largest absolute Gasteiger partial charge is 0.485 e. The number of para-hydroxylation sites is 1. The van der Waals surface area contributed by atoms with Gasteiger partial charge in [0, 0.05) is 6.54 Å². The summed E-state index contributed by atoms with van der Waals surface area (Å²) < 4.78 is 12.2. The first-order valence-corrected chi connectivity index (χ1v) is 8.75. The molecule has 3 rings (SSSR count). The van der Waals surface area contributed by atoms with Crippen LogP contribution in [0, 0.1) is 0 Å². The Balaban J connectivity index is 1.77. The topological polar surface area (TPSA) is 56.5 Å². The number of hydrogen-bond acceptors (Lipinski definition) is 4. The van der Waals surface area contributed by atoms with E-state index in [-0.39, 0.29) is 0 Å². The van der Waals surface area contributed by atoms with Crippen LogP contribution in [0.25, 0.3) is 0 Å². The summed E-state index contributed by atoms with van der Waals surface area (Å²) in [5.74, 6) is 6.97. The molecule has 0 saturated carbocycles. The van der Waals surface area contributed by atoms with Crippen molar-refractivity contribution in [2.75, 3.05) is 6.54 Å². The maximum absolute atomic E-state index is 6.15. The van der Waals surface area contributed by atoms with Crippen LogP contribution in [0.1, 0.15) is 16.7 Å². The molecule has 0 bridgehead atoms. The van der Waals surface area contributed by atoms with Crippen molar-refractivity contribution in [1.29, 1.82) is 0 Å². The number of benzene rings is 3. The predicted octanol–water partition coefficient (Wildman–Crippen LogP) is 3.85. The van der Waals surface area contributed by atoms with Crippen molar-refractivity contribution in [1.82, 2.24) is 5.43 Å². The number of rotatable bonds is 9. The number of hydrazine groups is 1. The fourth-order valence-corrected chi connectivity index (χ4v) is 2.71. The summed E-state index contributed by atoms with van der Waals surface area (Å²) >= 11 is 0. The van der Waals surface area contributed by atoms with Crippen molar-refractivity contribution >= 4 is 0 Å². The molecule has 0 saturated heterocycles. The third-order valence-electron chi connectivity index (χ3n) is 4.06. The van der Waals surface area contributed by atoms with E-state index in [1.165, 1.54) is 0 Å². The molecule has 3 aromatic carbocycles. The van der Waals surface area contributed by atoms with Crippen molar-refractivity contribution in [3.63, 3.8) is 0 Å². The lowest BCUT2D eigenvalue weighted by Crippen LogP contribution is -2.24. The Kier molecular flexibility index (Phi) is 6.65. The Morgan fingerprint density at radius 1 is 0.692 bits per heavy atom. The van der Waals surface area contributed by atoms with Crippen LogP contribution in [0.2, 0.25) is 0 Å². The average Bonchev–Trinajstić information content (AvgIpc) is 2.71. The van der Waals surface area contributed by atoms with Gasteiger partial charge < -0.3 is 9.47 Å². The molecule has 0 aliphatic rings. The van der Waals surface area contributed by atoms with E-state index in [9.17, 15) is 0 Å². The Labute approximate surface area is 154 Å². The smallest absolute Gasteiger partial charge is 0.164 e. The average molecular weight is 348 g/mol. The second-order valence-corrected chi connectivity index (χ2v) is 6.00. The molecule has 0 aromatic heterocycles. The first-order valence-electron chi connectivity index (χ1n) is 8.75. The molecule has 26 heavy (non-hydrogen) atoms. The van der Waals surface area contributed by atoms with Crippen molar-refractivity contribution in [3.8, 4) is 11.5 Å². The highest BCUT2D eigenvalue weighted by molar-refractivity contribution is 5.47. The van der Waals surface area contributed by atoms with Gasteiger partial charge in [0.15, 0.2) is 11.5 Å². The van der Waals surface area contributed by atoms with Gasteiger partial charge in [-0.05, 0) is 29.2 Å². The zero-order chi connectivity index (χ0) is 18.0. The van der Waals surface area contributed by atoms with Crippen LogP contribution in [-0.2, 0) is 19.6 Å². The van der Waals surface area contributed by atoms with Crippen LogP contribution < -0.4 is 20.7 Å². The molecule has 0 atom stereocenters. The van der Waals surface area contributed by atoms with Gasteiger partial charge in [-0.1, -0.05) is 72.8 Å². The number of nitrogens with one attached hydrogen (secondary N) is 1. The standard InChI is InChI=1S/C22H24N2O2/c23-24-15-14-20-12-7-13-21(25-16-18-8-3-1-4-9-18)22(20)26-17-19-10-5-2-6-11-19/h1-13,24H,14-17,23H2. The Hall–Kier alpha value is -2.82. The van der Waals surface area contributed by atoms with Gasteiger partial charge in [-0.15, -0.1) is 0 Å². The summed E-state index contributed by atoms with van der Waals surface area (Å²) in [6.07, 6.45) is 0.767. The monoisotopic (exact) mass is 348 g/mol. The van der Waals surface area contributed by atoms with Crippen LogP contribution >= 0.6 is 0 Å². The fourth-order valence-electron chi connectivity index (χ4n) is 2.71. The van der Waals surface area contributed by atoms with Gasteiger partial charge in [-0.3, -0.25) is 11.3 Å². The molecule has 0 amide bonds. The van der Waals surface area contributed by atoms with Crippen LogP contribution in [0.3, 0.4) is 0 Å². The van der Waals surface area contributed by atoms with Crippen LogP contribution in [0.4, 0.5) is 0 Å². The fraction of sp³-hybridized carbons (Fsp3) is 0.182. The van der Waals surface area contributed by atoms with E-state index in [2.05, 4.69) is 17.6 Å². The highest BCUT2D eigenvalue weighted by Crippen LogP contribution is 2.33. The van der Waals surface area contributed by atoms with E-state index in [1.807, 2.05) is 66.7 Å². The quantitative estimate of drug-likeness (QED) is 0.455. The number of nitrogens with two attached hydrogens (primary N) is 1. The third-order valence-corrected chi connectivity index (χ3v) is 4.06. The first-order chi connectivity index (χ1) is 12.9. The molecule has 0 fully saturated rings. The maximum Gasteiger partial charge on any atom is 0.164 e. The molecule has 0 spiro atoms. The number of ether oxygens (including phenoxy) is 2. The molecule has 4 heteroatoms. The van der Waals surface area contributed by atoms with Crippen LogP contribution in [0.5, 0.6) is 11.5 Å². The normalized spacial score (nSPS) is 10.5. The lowest BCUT2D eigenvalue weighted by molar-refractivity contribution is 0.253. The van der Waals surface area contributed by atoms with Crippen molar-refractivity contribution < 1.29 is 9.47 Å². The third kappa shape index (κ3) is 5.09. The van der Waals surface area contributed by atoms with Crippen molar-refractivity contribution in [2.45, 2.75) is 19.6 Å². The van der Waals surface area contributed by atoms with Gasteiger partial charge in [0.2, 0.25) is 0 Å². The Morgan fingerprint density at radius 3 is 1.92 bits per heavy atom. The molecule has 0 heterocycles. The zero-order valence-electron chi connectivity index (χ0n) is 14.7. The molecule has 0 aliphatic heterocycles. The van der Waals surface area contributed by atoms with E-state index in [1.54, 1.807) is 0 Å². The minimum Gasteiger partial charge on any atom is -0.485 e.